The van der Waals surface area contributed by atoms with Gasteiger partial charge < -0.3 is 10.4 Å². The van der Waals surface area contributed by atoms with E-state index in [9.17, 15) is 5.11 Å². The summed E-state index contributed by atoms with van der Waals surface area (Å²) in [7, 11) is 1.90. The zero-order valence-electron chi connectivity index (χ0n) is 10.3. The number of hydrogen-bond donors (Lipinski definition) is 2. The van der Waals surface area contributed by atoms with Crippen molar-refractivity contribution >= 4 is 11.6 Å². The largest absolute Gasteiger partial charge is 0.390 e. The lowest BCUT2D eigenvalue weighted by Gasteiger charge is -2.33. The first-order chi connectivity index (χ1) is 7.36. The maximum Gasteiger partial charge on any atom is 0.0635 e. The van der Waals surface area contributed by atoms with E-state index in [1.165, 1.54) is 0 Å². The highest BCUT2D eigenvalue weighted by Gasteiger charge is 2.30. The Morgan fingerprint density at radius 3 is 2.12 bits per heavy atom. The molecular weight excluding hydrogens is 222 g/mol. The van der Waals surface area contributed by atoms with Gasteiger partial charge in [-0.2, -0.15) is 0 Å². The number of hydrogen-bond acceptors (Lipinski definition) is 2. The third kappa shape index (κ3) is 3.21. The lowest BCUT2D eigenvalue weighted by molar-refractivity contribution is 0.00876. The summed E-state index contributed by atoms with van der Waals surface area (Å²) in [6.45, 7) is 5.70. The van der Waals surface area contributed by atoms with Crippen LogP contribution in [0.3, 0.4) is 0 Å². The van der Waals surface area contributed by atoms with Gasteiger partial charge in [-0.25, -0.2) is 0 Å². The molecule has 0 bridgehead atoms. The van der Waals surface area contributed by atoms with Gasteiger partial charge in [0, 0.05) is 17.0 Å². The second kappa shape index (κ2) is 5.17. The molecule has 0 radical (unpaired) electrons. The summed E-state index contributed by atoms with van der Waals surface area (Å²) in [5.41, 5.74) is 0.425. The summed E-state index contributed by atoms with van der Waals surface area (Å²) in [6.07, 6.45) is 0. The van der Waals surface area contributed by atoms with E-state index in [1.54, 1.807) is 0 Å². The zero-order valence-corrected chi connectivity index (χ0v) is 11.0. The highest BCUT2D eigenvalue weighted by atomic mass is 35.5. The van der Waals surface area contributed by atoms with Crippen molar-refractivity contribution in [1.82, 2.24) is 5.32 Å². The Morgan fingerprint density at radius 1 is 1.25 bits per heavy atom. The first-order valence-electron chi connectivity index (χ1n) is 5.51. The molecule has 0 aromatic heterocycles. The predicted octanol–water partition coefficient (Wildman–Crippen LogP) is 3.01. The molecule has 0 aliphatic heterocycles. The molecule has 0 aliphatic rings. The van der Waals surface area contributed by atoms with Crippen LogP contribution < -0.4 is 5.32 Å². The third-order valence-corrected chi connectivity index (χ3v) is 3.41. The van der Waals surface area contributed by atoms with Crippen LogP contribution in [0.4, 0.5) is 0 Å². The van der Waals surface area contributed by atoms with E-state index < -0.39 is 5.60 Å². The van der Waals surface area contributed by atoms with E-state index in [4.69, 9.17) is 11.6 Å². The van der Waals surface area contributed by atoms with Crippen LogP contribution in [0.25, 0.3) is 0 Å². The Labute approximate surface area is 103 Å². The van der Waals surface area contributed by atoms with Crippen LogP contribution in [0.2, 0.25) is 5.02 Å². The molecule has 0 saturated carbocycles. The van der Waals surface area contributed by atoms with Crippen molar-refractivity contribution in [3.8, 4) is 0 Å². The van der Waals surface area contributed by atoms with Gasteiger partial charge in [0.25, 0.3) is 0 Å². The second-order valence-corrected chi connectivity index (χ2v) is 5.20. The number of aliphatic hydroxyl groups is 1. The van der Waals surface area contributed by atoms with Crippen LogP contribution in [0.5, 0.6) is 0 Å². The van der Waals surface area contributed by atoms with Gasteiger partial charge in [-0.1, -0.05) is 30.7 Å². The van der Waals surface area contributed by atoms with Crippen molar-refractivity contribution in [2.75, 3.05) is 7.05 Å². The van der Waals surface area contributed by atoms with Crippen molar-refractivity contribution in [2.24, 2.45) is 5.92 Å². The van der Waals surface area contributed by atoms with Gasteiger partial charge in [-0.3, -0.25) is 0 Å². The van der Waals surface area contributed by atoms with Crippen LogP contribution in [0.1, 0.15) is 32.4 Å². The van der Waals surface area contributed by atoms with E-state index in [-0.39, 0.29) is 12.0 Å². The third-order valence-electron chi connectivity index (χ3n) is 3.15. The minimum atomic E-state index is -0.715. The Balaban J connectivity index is 2.94. The molecule has 0 amide bonds. The van der Waals surface area contributed by atoms with E-state index in [2.05, 4.69) is 5.32 Å². The molecule has 16 heavy (non-hydrogen) atoms. The van der Waals surface area contributed by atoms with Gasteiger partial charge in [-0.05, 0) is 38.6 Å². The summed E-state index contributed by atoms with van der Waals surface area (Å²) in [5.74, 6) is 0.110. The molecule has 2 unspecified atom stereocenters. The number of nitrogens with one attached hydrogen (secondary N) is 1. The van der Waals surface area contributed by atoms with Gasteiger partial charge in [0.15, 0.2) is 0 Å². The Kier molecular flexibility index (Phi) is 4.36. The first kappa shape index (κ1) is 13.5. The Bertz CT molecular complexity index is 329. The van der Waals surface area contributed by atoms with E-state index >= 15 is 0 Å². The zero-order chi connectivity index (χ0) is 12.3. The summed E-state index contributed by atoms with van der Waals surface area (Å²) >= 11 is 5.86. The molecule has 90 valence electrons. The maximum atomic E-state index is 10.0. The summed E-state index contributed by atoms with van der Waals surface area (Å²) in [6, 6.07) is 7.85. The molecule has 1 aromatic rings. The van der Waals surface area contributed by atoms with Crippen LogP contribution >= 0.6 is 11.6 Å². The van der Waals surface area contributed by atoms with Crippen LogP contribution in [-0.4, -0.2) is 17.8 Å². The number of rotatable bonds is 4. The van der Waals surface area contributed by atoms with E-state index in [0.717, 1.165) is 10.6 Å². The maximum absolute atomic E-state index is 10.0. The molecular formula is C13H20ClNO. The molecule has 2 N–H and O–H groups in total. The van der Waals surface area contributed by atoms with E-state index in [1.807, 2.05) is 52.1 Å². The standard InChI is InChI=1S/C13H20ClNO/c1-9(13(2,3)16)12(15-4)10-5-7-11(14)8-6-10/h5-9,12,15-16H,1-4H3. The predicted molar refractivity (Wildman–Crippen MR) is 68.7 cm³/mol. The lowest BCUT2D eigenvalue weighted by atomic mass is 9.83. The normalized spacial score (nSPS) is 15.9. The SMILES string of the molecule is CNC(c1ccc(Cl)cc1)C(C)C(C)(C)O. The van der Waals surface area contributed by atoms with Gasteiger partial charge in [0.2, 0.25) is 0 Å². The highest BCUT2D eigenvalue weighted by molar-refractivity contribution is 6.30. The molecule has 3 heteroatoms. The quantitative estimate of drug-likeness (QED) is 0.850. The van der Waals surface area contributed by atoms with Crippen molar-refractivity contribution in [2.45, 2.75) is 32.4 Å². The number of halogens is 1. The monoisotopic (exact) mass is 241 g/mol. The smallest absolute Gasteiger partial charge is 0.0635 e. The minimum absolute atomic E-state index is 0.110. The lowest BCUT2D eigenvalue weighted by Crippen LogP contribution is -2.38. The van der Waals surface area contributed by atoms with Crippen molar-refractivity contribution in [3.05, 3.63) is 34.9 Å². The molecule has 0 aliphatic carbocycles. The number of benzene rings is 1. The van der Waals surface area contributed by atoms with Crippen LogP contribution in [0, 0.1) is 5.92 Å². The van der Waals surface area contributed by atoms with Crippen LogP contribution in [0.15, 0.2) is 24.3 Å². The van der Waals surface area contributed by atoms with Crippen LogP contribution in [-0.2, 0) is 0 Å². The second-order valence-electron chi connectivity index (χ2n) is 4.76. The van der Waals surface area contributed by atoms with Gasteiger partial charge >= 0.3 is 0 Å². The van der Waals surface area contributed by atoms with Gasteiger partial charge in [0.1, 0.15) is 0 Å². The molecule has 0 spiro atoms. The molecule has 2 nitrogen and oxygen atoms in total. The molecule has 0 saturated heterocycles. The molecule has 0 fully saturated rings. The van der Waals surface area contributed by atoms with Gasteiger partial charge in [0.05, 0.1) is 5.60 Å². The first-order valence-corrected chi connectivity index (χ1v) is 5.89. The van der Waals surface area contributed by atoms with Gasteiger partial charge in [-0.15, -0.1) is 0 Å². The highest BCUT2D eigenvalue weighted by Crippen LogP contribution is 2.30. The van der Waals surface area contributed by atoms with Crippen molar-refractivity contribution in [3.63, 3.8) is 0 Å². The minimum Gasteiger partial charge on any atom is -0.390 e. The molecule has 1 aromatic carbocycles. The van der Waals surface area contributed by atoms with E-state index in [0.29, 0.717) is 0 Å². The molecule has 2 atom stereocenters. The fourth-order valence-corrected chi connectivity index (χ4v) is 1.91. The van der Waals surface area contributed by atoms with Crippen molar-refractivity contribution in [1.29, 1.82) is 0 Å². The molecule has 1 rings (SSSR count). The summed E-state index contributed by atoms with van der Waals surface area (Å²) < 4.78 is 0. The Hall–Kier alpha value is -0.570. The molecule has 0 heterocycles. The summed E-state index contributed by atoms with van der Waals surface area (Å²) in [5, 5.41) is 14.0. The fourth-order valence-electron chi connectivity index (χ4n) is 1.78. The average Bonchev–Trinajstić information content (AvgIpc) is 2.20. The Morgan fingerprint density at radius 2 is 1.75 bits per heavy atom. The average molecular weight is 242 g/mol. The van der Waals surface area contributed by atoms with Crippen molar-refractivity contribution < 1.29 is 5.11 Å². The summed E-state index contributed by atoms with van der Waals surface area (Å²) in [4.78, 5) is 0. The topological polar surface area (TPSA) is 32.3 Å². The fraction of sp³-hybridized carbons (Fsp3) is 0.538.